The zero-order chi connectivity index (χ0) is 17.1. The Bertz CT molecular complexity index is 732. The molecule has 6 heteroatoms. The van der Waals surface area contributed by atoms with Gasteiger partial charge in [-0.15, -0.1) is 0 Å². The first-order valence-electron chi connectivity index (χ1n) is 7.04. The summed E-state index contributed by atoms with van der Waals surface area (Å²) in [5, 5.41) is 3.29. The number of nitrogens with one attached hydrogen (secondary N) is 1. The topological polar surface area (TPSA) is 35.6 Å². The summed E-state index contributed by atoms with van der Waals surface area (Å²) in [5.74, 6) is -0.832. The maximum Gasteiger partial charge on any atom is 0.255 e. The lowest BCUT2D eigenvalue weighted by molar-refractivity contribution is 0.102. The highest BCUT2D eigenvalue weighted by molar-refractivity contribution is 6.31. The first-order valence-corrected chi connectivity index (χ1v) is 7.42. The molecule has 0 saturated heterocycles. The number of hydrogen-bond acceptors (Lipinski definition) is 3. The van der Waals surface area contributed by atoms with E-state index in [1.54, 1.807) is 43.3 Å². The monoisotopic (exact) mass is 335 g/mol. The number of amides is 1. The highest BCUT2D eigenvalue weighted by Gasteiger charge is 2.13. The molecule has 2 aromatic carbocycles. The number of halogens is 2. The molecule has 0 fully saturated rings. The maximum absolute atomic E-state index is 14.0. The second kappa shape index (κ2) is 6.87. The molecule has 0 aliphatic rings. The van der Waals surface area contributed by atoms with E-state index in [0.717, 1.165) is 5.69 Å². The molecular formula is C17H19ClFN3O. The predicted molar refractivity (Wildman–Crippen MR) is 94.5 cm³/mol. The predicted octanol–water partition coefficient (Wildman–Crippen LogP) is 3.86. The van der Waals surface area contributed by atoms with E-state index >= 15 is 0 Å². The molecule has 0 spiro atoms. The van der Waals surface area contributed by atoms with Crippen molar-refractivity contribution in [1.29, 1.82) is 0 Å². The molecule has 0 atom stereocenters. The molecule has 0 heterocycles. The molecule has 0 radical (unpaired) electrons. The summed E-state index contributed by atoms with van der Waals surface area (Å²) in [6.07, 6.45) is 0. The van der Waals surface area contributed by atoms with Crippen LogP contribution in [-0.4, -0.2) is 34.1 Å². The summed E-state index contributed by atoms with van der Waals surface area (Å²) in [4.78, 5) is 15.9. The molecule has 0 aliphatic carbocycles. The van der Waals surface area contributed by atoms with Crippen LogP contribution in [0.5, 0.6) is 0 Å². The van der Waals surface area contributed by atoms with E-state index in [2.05, 4.69) is 5.32 Å². The lowest BCUT2D eigenvalue weighted by Gasteiger charge is -2.18. The fourth-order valence-corrected chi connectivity index (χ4v) is 2.38. The van der Waals surface area contributed by atoms with E-state index in [0.29, 0.717) is 16.4 Å². The summed E-state index contributed by atoms with van der Waals surface area (Å²) in [6, 6.07) is 9.62. The Morgan fingerprint density at radius 1 is 1.00 bits per heavy atom. The molecule has 0 aliphatic heterocycles. The SMILES string of the molecule is CN(C)c1ccc(C(=O)Nc2cc(Cl)ccc2N(C)C)cc1F. The zero-order valence-corrected chi connectivity index (χ0v) is 14.3. The third-order valence-corrected chi connectivity index (χ3v) is 3.62. The van der Waals surface area contributed by atoms with E-state index < -0.39 is 5.82 Å². The van der Waals surface area contributed by atoms with Crippen molar-refractivity contribution < 1.29 is 9.18 Å². The Morgan fingerprint density at radius 2 is 1.61 bits per heavy atom. The Balaban J connectivity index is 2.29. The molecule has 23 heavy (non-hydrogen) atoms. The normalized spacial score (nSPS) is 10.3. The first-order chi connectivity index (χ1) is 10.8. The van der Waals surface area contributed by atoms with Crippen LogP contribution in [0.3, 0.4) is 0 Å². The van der Waals surface area contributed by atoms with Gasteiger partial charge in [0.15, 0.2) is 0 Å². The summed E-state index contributed by atoms with van der Waals surface area (Å²) < 4.78 is 14.0. The van der Waals surface area contributed by atoms with Crippen molar-refractivity contribution in [1.82, 2.24) is 0 Å². The quantitative estimate of drug-likeness (QED) is 0.921. The lowest BCUT2D eigenvalue weighted by Crippen LogP contribution is -2.17. The van der Waals surface area contributed by atoms with Gasteiger partial charge in [0.2, 0.25) is 0 Å². The lowest BCUT2D eigenvalue weighted by atomic mass is 10.1. The Kier molecular flexibility index (Phi) is 5.11. The van der Waals surface area contributed by atoms with Gasteiger partial charge in [-0.2, -0.15) is 0 Å². The van der Waals surface area contributed by atoms with Gasteiger partial charge in [0, 0.05) is 38.8 Å². The molecule has 4 nitrogen and oxygen atoms in total. The molecular weight excluding hydrogens is 317 g/mol. The number of hydrogen-bond donors (Lipinski definition) is 1. The highest BCUT2D eigenvalue weighted by Crippen LogP contribution is 2.28. The van der Waals surface area contributed by atoms with Gasteiger partial charge in [0.25, 0.3) is 5.91 Å². The summed E-state index contributed by atoms with van der Waals surface area (Å²) in [7, 11) is 7.22. The van der Waals surface area contributed by atoms with Crippen LogP contribution in [0.4, 0.5) is 21.5 Å². The van der Waals surface area contributed by atoms with Crippen LogP contribution in [0.25, 0.3) is 0 Å². The number of anilines is 3. The molecule has 2 aromatic rings. The van der Waals surface area contributed by atoms with Crippen LogP contribution in [0.15, 0.2) is 36.4 Å². The van der Waals surface area contributed by atoms with Crippen molar-refractivity contribution in [3.8, 4) is 0 Å². The Hall–Kier alpha value is -2.27. The van der Waals surface area contributed by atoms with Gasteiger partial charge < -0.3 is 15.1 Å². The van der Waals surface area contributed by atoms with Gasteiger partial charge in [-0.3, -0.25) is 4.79 Å². The van der Waals surface area contributed by atoms with Crippen molar-refractivity contribution in [2.75, 3.05) is 43.3 Å². The van der Waals surface area contributed by atoms with Gasteiger partial charge >= 0.3 is 0 Å². The molecule has 0 bridgehead atoms. The number of rotatable bonds is 4. The maximum atomic E-state index is 14.0. The van der Waals surface area contributed by atoms with Gasteiger partial charge in [-0.05, 0) is 36.4 Å². The van der Waals surface area contributed by atoms with Gasteiger partial charge in [0.05, 0.1) is 17.1 Å². The molecule has 1 N–H and O–H groups in total. The van der Waals surface area contributed by atoms with Crippen molar-refractivity contribution in [3.63, 3.8) is 0 Å². The number of carbonyl (C=O) groups excluding carboxylic acids is 1. The fourth-order valence-electron chi connectivity index (χ4n) is 2.20. The third kappa shape index (κ3) is 3.93. The van der Waals surface area contributed by atoms with Crippen molar-refractivity contribution >= 4 is 34.6 Å². The summed E-state index contributed by atoms with van der Waals surface area (Å²) in [5.41, 5.74) is 2.06. The standard InChI is InChI=1S/C17H19ClFN3O/c1-21(2)15-7-5-11(9-13(15)19)17(23)20-14-10-12(18)6-8-16(14)22(3)4/h5-10H,1-4H3,(H,20,23). The number of nitrogens with zero attached hydrogens (tertiary/aromatic N) is 2. The van der Waals surface area contributed by atoms with Gasteiger partial charge in [-0.1, -0.05) is 11.6 Å². The Morgan fingerprint density at radius 3 is 2.17 bits per heavy atom. The van der Waals surface area contributed by atoms with E-state index in [4.69, 9.17) is 11.6 Å². The van der Waals surface area contributed by atoms with Crippen LogP contribution in [0, 0.1) is 5.82 Å². The molecule has 1 amide bonds. The first kappa shape index (κ1) is 17.1. The van der Waals surface area contributed by atoms with Gasteiger partial charge in [-0.25, -0.2) is 4.39 Å². The zero-order valence-electron chi connectivity index (χ0n) is 13.5. The second-order valence-electron chi connectivity index (χ2n) is 5.57. The highest BCUT2D eigenvalue weighted by atomic mass is 35.5. The smallest absolute Gasteiger partial charge is 0.255 e. The van der Waals surface area contributed by atoms with Gasteiger partial charge in [0.1, 0.15) is 5.82 Å². The summed E-state index contributed by atoms with van der Waals surface area (Å²) >= 11 is 6.00. The van der Waals surface area contributed by atoms with Crippen molar-refractivity contribution in [3.05, 3.63) is 52.8 Å². The molecule has 0 aromatic heterocycles. The minimum absolute atomic E-state index is 0.248. The minimum Gasteiger partial charge on any atom is -0.376 e. The molecule has 0 unspecified atom stereocenters. The molecule has 0 saturated carbocycles. The van der Waals surface area contributed by atoms with E-state index in [1.165, 1.54) is 6.07 Å². The Labute approximate surface area is 140 Å². The molecule has 2 rings (SSSR count). The van der Waals surface area contributed by atoms with Crippen LogP contribution in [0.2, 0.25) is 5.02 Å². The average Bonchev–Trinajstić information content (AvgIpc) is 2.46. The molecule has 122 valence electrons. The number of benzene rings is 2. The second-order valence-corrected chi connectivity index (χ2v) is 6.01. The minimum atomic E-state index is -0.443. The van der Waals surface area contributed by atoms with E-state index in [1.807, 2.05) is 25.1 Å². The summed E-state index contributed by atoms with van der Waals surface area (Å²) in [6.45, 7) is 0. The third-order valence-electron chi connectivity index (χ3n) is 3.38. The van der Waals surface area contributed by atoms with Crippen molar-refractivity contribution in [2.24, 2.45) is 0 Å². The fraction of sp³-hybridized carbons (Fsp3) is 0.235. The van der Waals surface area contributed by atoms with E-state index in [9.17, 15) is 9.18 Å². The number of carbonyl (C=O) groups is 1. The van der Waals surface area contributed by atoms with Crippen LogP contribution in [0.1, 0.15) is 10.4 Å². The van der Waals surface area contributed by atoms with Crippen LogP contribution < -0.4 is 15.1 Å². The van der Waals surface area contributed by atoms with Crippen molar-refractivity contribution in [2.45, 2.75) is 0 Å². The largest absolute Gasteiger partial charge is 0.376 e. The average molecular weight is 336 g/mol. The van der Waals surface area contributed by atoms with Crippen LogP contribution >= 0.6 is 11.6 Å². The van der Waals surface area contributed by atoms with E-state index in [-0.39, 0.29) is 11.5 Å². The van der Waals surface area contributed by atoms with Crippen LogP contribution in [-0.2, 0) is 0 Å².